The number of anilines is 1. The van der Waals surface area contributed by atoms with E-state index in [2.05, 4.69) is 187 Å². The molecular weight excluding hydrogens is 872 g/mol. The molecule has 0 saturated heterocycles. The molecule has 2 bridgehead atoms. The van der Waals surface area contributed by atoms with Crippen LogP contribution in [0.1, 0.15) is 192 Å². The molecule has 10 aliphatic carbocycles. The summed E-state index contributed by atoms with van der Waals surface area (Å²) < 4.78 is 7.83. The topological polar surface area (TPSA) is 19.6 Å². The Bertz CT molecular complexity index is 3060. The van der Waals surface area contributed by atoms with E-state index < -0.39 is 0 Å². The molecule has 0 spiro atoms. The Morgan fingerprint density at radius 2 is 1.35 bits per heavy atom. The van der Waals surface area contributed by atoms with Crippen molar-refractivity contribution < 1.29 is 4.42 Å². The average Bonchev–Trinajstić information content (AvgIpc) is 3.70. The van der Waals surface area contributed by atoms with E-state index in [1.807, 2.05) is 0 Å². The molecular formula is C68H87BN2O. The number of hydrogen-bond acceptors (Lipinski definition) is 3. The SMILES string of the molecule is CC1=C(C2=CC3=C4B(C5=C(CC(C(C)(C)C)C=C5)N3C3C=C5C(=CC3C)C(C)(C)CCC5(C)C)c3oc5cc6c(cc5c3N(C3=CC5C(C=C3)C(C)(C)CCC5(C)C)C4C2)C2(C)CCC6(C)CC2)CCC=C1. The van der Waals surface area contributed by atoms with Crippen molar-refractivity contribution in [3.63, 3.8) is 0 Å². The molecule has 0 N–H and O–H groups in total. The van der Waals surface area contributed by atoms with Gasteiger partial charge in [0, 0.05) is 22.5 Å². The van der Waals surface area contributed by atoms with E-state index in [1.165, 1.54) is 96.2 Å². The maximum Gasteiger partial charge on any atom is 0.292 e. The summed E-state index contributed by atoms with van der Waals surface area (Å²) in [5.41, 5.74) is 23.3. The first-order chi connectivity index (χ1) is 33.8. The minimum Gasteiger partial charge on any atom is -0.468 e. The fraction of sp³-hybridized carbons (Fsp3) is 0.588. The fourth-order valence-corrected chi connectivity index (χ4v) is 17.2. The molecule has 2 aromatic rings. The molecule has 0 amide bonds. The largest absolute Gasteiger partial charge is 0.468 e. The minimum atomic E-state index is 0.0415. The van der Waals surface area contributed by atoms with Gasteiger partial charge in [0.25, 0.3) is 6.71 Å². The summed E-state index contributed by atoms with van der Waals surface area (Å²) in [6.45, 7) is 37.8. The van der Waals surface area contributed by atoms with E-state index >= 15 is 0 Å². The normalized spacial score (nSPS) is 35.5. The molecule has 1 aromatic carbocycles. The van der Waals surface area contributed by atoms with E-state index in [0.29, 0.717) is 23.7 Å². The second-order valence-corrected chi connectivity index (χ2v) is 30.0. The van der Waals surface area contributed by atoms with Crippen LogP contribution in [0, 0.1) is 50.7 Å². The van der Waals surface area contributed by atoms with Gasteiger partial charge in [-0.2, -0.15) is 0 Å². The quantitative estimate of drug-likeness (QED) is 0.286. The molecule has 6 atom stereocenters. The number of allylic oxidation sites excluding steroid dienone is 14. The van der Waals surface area contributed by atoms with Crippen LogP contribution >= 0.6 is 0 Å². The second-order valence-electron chi connectivity index (χ2n) is 30.0. The van der Waals surface area contributed by atoms with Crippen LogP contribution in [0.3, 0.4) is 0 Å². The molecule has 72 heavy (non-hydrogen) atoms. The Hall–Kier alpha value is -4.18. The second kappa shape index (κ2) is 15.2. The van der Waals surface area contributed by atoms with Crippen LogP contribution in [0.4, 0.5) is 5.69 Å². The van der Waals surface area contributed by atoms with Crippen LogP contribution in [0.25, 0.3) is 11.0 Å². The van der Waals surface area contributed by atoms with Gasteiger partial charge < -0.3 is 14.2 Å². The van der Waals surface area contributed by atoms with Gasteiger partial charge in [0.1, 0.15) is 5.58 Å². The summed E-state index contributed by atoms with van der Waals surface area (Å²) in [6, 6.07) is 5.59. The van der Waals surface area contributed by atoms with Crippen molar-refractivity contribution in [2.45, 2.75) is 204 Å². The Morgan fingerprint density at radius 1 is 0.694 bits per heavy atom. The third-order valence-electron chi connectivity index (χ3n) is 22.5. The van der Waals surface area contributed by atoms with Crippen LogP contribution in [-0.2, 0) is 10.8 Å². The summed E-state index contributed by atoms with van der Waals surface area (Å²) >= 11 is 0. The van der Waals surface area contributed by atoms with Crippen molar-refractivity contribution in [2.24, 2.45) is 50.7 Å². The monoisotopic (exact) mass is 959 g/mol. The standard InChI is InChI=1S/C68H87BN2O/c1-40-18-16-17-19-45(40)42-33-56-59-57(34-42)71(54-38-50-48(32-41(54)2)64(8,9)26-27-66(50,12)13)55-35-43(62(3,4)5)20-23-53(55)69(59)61-60(70(56)44-21-22-47-49(36-44)65(10,11)25-24-63(47,6)7)46-37-51-52(39-58(46)72-61)68(15)30-28-67(51,14)29-31-68/h16,18,20-23,32,34,36-39,41,43,47,49,54,56H,17,19,24-31,33,35H2,1-15H3. The number of hydrogen-bond donors (Lipinski definition) is 0. The van der Waals surface area contributed by atoms with E-state index in [0.717, 1.165) is 31.3 Å². The van der Waals surface area contributed by atoms with Crippen LogP contribution < -0.4 is 10.6 Å². The number of nitrogens with zero attached hydrogens (tertiary/aromatic N) is 2. The van der Waals surface area contributed by atoms with Gasteiger partial charge in [0.05, 0.1) is 23.4 Å². The van der Waals surface area contributed by atoms with E-state index in [4.69, 9.17) is 4.42 Å². The summed E-state index contributed by atoms with van der Waals surface area (Å²) in [5.74, 6) is 1.73. The van der Waals surface area contributed by atoms with E-state index in [9.17, 15) is 0 Å². The molecule has 2 aliphatic heterocycles. The van der Waals surface area contributed by atoms with Crippen molar-refractivity contribution in [3.05, 3.63) is 140 Å². The van der Waals surface area contributed by atoms with Crippen molar-refractivity contribution in [1.82, 2.24) is 4.90 Å². The molecule has 1 aromatic heterocycles. The highest BCUT2D eigenvalue weighted by Gasteiger charge is 2.57. The van der Waals surface area contributed by atoms with Crippen LogP contribution in [0.5, 0.6) is 0 Å². The summed E-state index contributed by atoms with van der Waals surface area (Å²) in [7, 11) is 0. The van der Waals surface area contributed by atoms with Gasteiger partial charge in [-0.3, -0.25) is 0 Å². The Morgan fingerprint density at radius 3 is 2.01 bits per heavy atom. The third kappa shape index (κ3) is 6.72. The molecule has 378 valence electrons. The van der Waals surface area contributed by atoms with Gasteiger partial charge in [-0.05, 0) is 220 Å². The Labute approximate surface area is 435 Å². The Kier molecular flexibility index (Phi) is 10.1. The van der Waals surface area contributed by atoms with Crippen molar-refractivity contribution in [3.8, 4) is 0 Å². The summed E-state index contributed by atoms with van der Waals surface area (Å²) in [5, 5.41) is 1.34. The molecule has 3 saturated carbocycles. The zero-order valence-corrected chi connectivity index (χ0v) is 47.3. The summed E-state index contributed by atoms with van der Waals surface area (Å²) in [6.07, 6.45) is 40.7. The van der Waals surface area contributed by atoms with Gasteiger partial charge in [-0.1, -0.05) is 146 Å². The summed E-state index contributed by atoms with van der Waals surface area (Å²) in [4.78, 5) is 5.89. The predicted octanol–water partition coefficient (Wildman–Crippen LogP) is 17.2. The lowest BCUT2D eigenvalue weighted by molar-refractivity contribution is 0.0326. The average molecular weight is 959 g/mol. The van der Waals surface area contributed by atoms with Crippen molar-refractivity contribution in [1.29, 1.82) is 0 Å². The first-order valence-electron chi connectivity index (χ1n) is 29.1. The van der Waals surface area contributed by atoms with Crippen LogP contribution in [0.15, 0.2) is 133 Å². The maximum atomic E-state index is 7.83. The van der Waals surface area contributed by atoms with Gasteiger partial charge in [0.2, 0.25) is 0 Å². The highest BCUT2D eigenvalue weighted by Crippen LogP contribution is 2.62. The smallest absolute Gasteiger partial charge is 0.292 e. The first-order valence-corrected chi connectivity index (χ1v) is 29.1. The van der Waals surface area contributed by atoms with Crippen LogP contribution in [-0.4, -0.2) is 23.7 Å². The highest BCUT2D eigenvalue weighted by molar-refractivity contribution is 6.88. The fourth-order valence-electron chi connectivity index (χ4n) is 17.2. The molecule has 12 aliphatic rings. The molecule has 3 heterocycles. The zero-order valence-electron chi connectivity index (χ0n) is 47.3. The van der Waals surface area contributed by atoms with E-state index in [1.54, 1.807) is 38.9 Å². The van der Waals surface area contributed by atoms with E-state index in [-0.39, 0.29) is 56.7 Å². The first kappa shape index (κ1) is 47.5. The van der Waals surface area contributed by atoms with Crippen molar-refractivity contribution in [2.75, 3.05) is 4.90 Å². The van der Waals surface area contributed by atoms with Gasteiger partial charge >= 0.3 is 0 Å². The minimum absolute atomic E-state index is 0.0415. The Balaban J connectivity index is 1.11. The molecule has 4 heteroatoms. The lowest BCUT2D eigenvalue weighted by Crippen LogP contribution is -2.59. The number of benzene rings is 1. The molecule has 14 rings (SSSR count). The molecule has 6 unspecified atom stereocenters. The van der Waals surface area contributed by atoms with Crippen LogP contribution in [0.2, 0.25) is 0 Å². The molecule has 3 nitrogen and oxygen atoms in total. The van der Waals surface area contributed by atoms with Gasteiger partial charge in [0.15, 0.2) is 0 Å². The highest BCUT2D eigenvalue weighted by atomic mass is 16.3. The zero-order chi connectivity index (χ0) is 50.6. The number of fused-ring (bicyclic) bond motifs is 9. The number of rotatable bonds is 3. The van der Waals surface area contributed by atoms with Gasteiger partial charge in [-0.15, -0.1) is 0 Å². The molecule has 3 fully saturated rings. The maximum absolute atomic E-state index is 7.83. The predicted molar refractivity (Wildman–Crippen MR) is 304 cm³/mol. The lowest BCUT2D eigenvalue weighted by atomic mass is 9.32. The lowest BCUT2D eigenvalue weighted by Gasteiger charge is -2.55. The number of furan rings is 1. The van der Waals surface area contributed by atoms with Crippen molar-refractivity contribution >= 4 is 29.0 Å². The van der Waals surface area contributed by atoms with Gasteiger partial charge in [-0.25, -0.2) is 0 Å². The molecule has 0 radical (unpaired) electrons. The third-order valence-corrected chi connectivity index (χ3v) is 22.5.